The van der Waals surface area contributed by atoms with Gasteiger partial charge in [-0.05, 0) is 19.3 Å². The first-order valence-electron chi connectivity index (χ1n) is 6.40. The Labute approximate surface area is 117 Å². The van der Waals surface area contributed by atoms with Crippen molar-refractivity contribution in [3.05, 3.63) is 22.0 Å². The second kappa shape index (κ2) is 6.39. The fraction of sp³-hybridized carbons (Fsp3) is 0.727. The maximum absolute atomic E-state index is 12.6. The van der Waals surface area contributed by atoms with E-state index in [1.165, 1.54) is 0 Å². The van der Waals surface area contributed by atoms with Gasteiger partial charge in [0, 0.05) is 6.61 Å². The molecule has 0 amide bonds. The third-order valence-electron chi connectivity index (χ3n) is 2.97. The summed E-state index contributed by atoms with van der Waals surface area (Å²) in [7, 11) is 0. The topological polar surface area (TPSA) is 79.4 Å². The average Bonchev–Trinajstić information content (AvgIpc) is 2.84. The molecule has 1 aliphatic rings. The van der Waals surface area contributed by atoms with Crippen LogP contribution in [0.5, 0.6) is 0 Å². The molecule has 21 heavy (non-hydrogen) atoms. The van der Waals surface area contributed by atoms with Gasteiger partial charge in [-0.25, -0.2) is 0 Å². The minimum absolute atomic E-state index is 0.0171. The first kappa shape index (κ1) is 15.7. The quantitative estimate of drug-likeness (QED) is 0.616. The summed E-state index contributed by atoms with van der Waals surface area (Å²) < 4.78 is 49.3. The zero-order chi connectivity index (χ0) is 15.5. The Balaban J connectivity index is 1.95. The number of rotatable bonds is 5. The minimum Gasteiger partial charge on any atom is -0.353 e. The molecule has 118 valence electrons. The van der Waals surface area contributed by atoms with Crippen molar-refractivity contribution in [2.45, 2.75) is 38.3 Å². The van der Waals surface area contributed by atoms with Crippen LogP contribution in [-0.4, -0.2) is 34.2 Å². The summed E-state index contributed by atoms with van der Waals surface area (Å²) in [6.07, 6.45) is -1.82. The average molecular weight is 309 g/mol. The van der Waals surface area contributed by atoms with Crippen LogP contribution in [0.25, 0.3) is 0 Å². The first-order chi connectivity index (χ1) is 9.88. The highest BCUT2D eigenvalue weighted by molar-refractivity contribution is 5.34. The van der Waals surface area contributed by atoms with Crippen molar-refractivity contribution >= 4 is 5.69 Å². The maximum atomic E-state index is 12.6. The number of alkyl halides is 3. The Bertz CT molecular complexity index is 497. The molecule has 0 N–H and O–H groups in total. The number of ether oxygens (including phenoxy) is 2. The summed E-state index contributed by atoms with van der Waals surface area (Å²) in [6, 6.07) is 0. The Hall–Kier alpha value is -1.68. The van der Waals surface area contributed by atoms with Crippen LogP contribution >= 0.6 is 0 Å². The van der Waals surface area contributed by atoms with E-state index in [1.54, 1.807) is 0 Å². The van der Waals surface area contributed by atoms with Crippen LogP contribution in [0.3, 0.4) is 0 Å². The lowest BCUT2D eigenvalue weighted by Gasteiger charge is -2.22. The van der Waals surface area contributed by atoms with Crippen molar-refractivity contribution in [1.29, 1.82) is 0 Å². The van der Waals surface area contributed by atoms with Crippen LogP contribution in [0.4, 0.5) is 18.9 Å². The summed E-state index contributed by atoms with van der Waals surface area (Å²) in [5.74, 6) is 0. The van der Waals surface area contributed by atoms with Crippen molar-refractivity contribution in [1.82, 2.24) is 9.78 Å². The van der Waals surface area contributed by atoms with Crippen LogP contribution in [0.1, 0.15) is 25.0 Å². The number of nitrogens with zero attached hydrogens (tertiary/aromatic N) is 3. The summed E-state index contributed by atoms with van der Waals surface area (Å²) in [4.78, 5) is 9.50. The van der Waals surface area contributed by atoms with Gasteiger partial charge in [-0.15, -0.1) is 0 Å². The molecular formula is C11H14F3N3O4. The van der Waals surface area contributed by atoms with E-state index < -0.39 is 22.5 Å². The van der Waals surface area contributed by atoms with E-state index in [4.69, 9.17) is 9.47 Å². The second-order valence-corrected chi connectivity index (χ2v) is 4.55. The highest BCUT2D eigenvalue weighted by atomic mass is 19.4. The molecule has 0 spiro atoms. The zero-order valence-corrected chi connectivity index (χ0v) is 11.0. The number of hydrogen-bond donors (Lipinski definition) is 0. The van der Waals surface area contributed by atoms with Gasteiger partial charge in [0.15, 0.2) is 6.29 Å². The third-order valence-corrected chi connectivity index (χ3v) is 2.97. The Morgan fingerprint density at radius 1 is 1.52 bits per heavy atom. The number of nitro groups is 1. The molecule has 1 saturated heterocycles. The lowest BCUT2D eigenvalue weighted by molar-refractivity contribution is -0.388. The summed E-state index contributed by atoms with van der Waals surface area (Å²) in [5.41, 5.74) is -2.56. The van der Waals surface area contributed by atoms with Crippen LogP contribution in [0.2, 0.25) is 0 Å². The van der Waals surface area contributed by atoms with Crippen molar-refractivity contribution in [2.24, 2.45) is 0 Å². The molecule has 0 radical (unpaired) electrons. The molecule has 1 aromatic rings. The van der Waals surface area contributed by atoms with Crippen LogP contribution in [0.15, 0.2) is 6.20 Å². The van der Waals surface area contributed by atoms with Crippen molar-refractivity contribution in [3.63, 3.8) is 0 Å². The first-order valence-corrected chi connectivity index (χ1v) is 6.40. The molecule has 1 fully saturated rings. The van der Waals surface area contributed by atoms with Crippen LogP contribution < -0.4 is 0 Å². The molecule has 7 nitrogen and oxygen atoms in total. The zero-order valence-electron chi connectivity index (χ0n) is 11.0. The van der Waals surface area contributed by atoms with E-state index in [-0.39, 0.29) is 19.4 Å². The van der Waals surface area contributed by atoms with Gasteiger partial charge in [0.05, 0.1) is 18.1 Å². The summed E-state index contributed by atoms with van der Waals surface area (Å²) in [6.45, 7) is 0.647. The molecule has 2 rings (SSSR count). The monoisotopic (exact) mass is 309 g/mol. The number of hydrogen-bond acceptors (Lipinski definition) is 5. The largest absolute Gasteiger partial charge is 0.442 e. The Morgan fingerprint density at radius 2 is 2.29 bits per heavy atom. The fourth-order valence-electron chi connectivity index (χ4n) is 1.98. The minimum atomic E-state index is -4.86. The third kappa shape index (κ3) is 4.14. The predicted molar refractivity (Wildman–Crippen MR) is 63.4 cm³/mol. The Kier molecular flexibility index (Phi) is 4.78. The van der Waals surface area contributed by atoms with E-state index in [1.807, 2.05) is 0 Å². The van der Waals surface area contributed by atoms with Crippen LogP contribution in [0, 0.1) is 10.1 Å². The molecular weight excluding hydrogens is 295 g/mol. The highest BCUT2D eigenvalue weighted by Crippen LogP contribution is 2.34. The molecule has 0 aromatic carbocycles. The molecule has 10 heteroatoms. The molecule has 1 atom stereocenters. The molecule has 1 unspecified atom stereocenters. The molecule has 1 aromatic heterocycles. The number of halogens is 3. The SMILES string of the molecule is O=[N+]([O-])c1cn(CCOC2CCCCO2)nc1C(F)(F)F. The lowest BCUT2D eigenvalue weighted by atomic mass is 10.2. The van der Waals surface area contributed by atoms with E-state index >= 15 is 0 Å². The van der Waals surface area contributed by atoms with Crippen molar-refractivity contribution in [2.75, 3.05) is 13.2 Å². The lowest BCUT2D eigenvalue weighted by Crippen LogP contribution is -2.24. The van der Waals surface area contributed by atoms with Gasteiger partial charge >= 0.3 is 11.9 Å². The predicted octanol–water partition coefficient (Wildman–Crippen LogP) is 2.35. The number of aromatic nitrogens is 2. The van der Waals surface area contributed by atoms with E-state index in [0.717, 1.165) is 30.1 Å². The van der Waals surface area contributed by atoms with Gasteiger partial charge in [-0.3, -0.25) is 14.8 Å². The molecule has 0 saturated carbocycles. The van der Waals surface area contributed by atoms with Gasteiger partial charge in [0.2, 0.25) is 5.69 Å². The van der Waals surface area contributed by atoms with Crippen LogP contribution in [-0.2, 0) is 22.2 Å². The second-order valence-electron chi connectivity index (χ2n) is 4.55. The van der Waals surface area contributed by atoms with Crippen molar-refractivity contribution < 1.29 is 27.6 Å². The summed E-state index contributed by atoms with van der Waals surface area (Å²) in [5, 5.41) is 13.8. The maximum Gasteiger partial charge on any atom is 0.442 e. The van der Waals surface area contributed by atoms with Gasteiger partial charge < -0.3 is 9.47 Å². The standard InChI is InChI=1S/C11H14F3N3O4/c12-11(13,14)10-8(17(18)19)7-16(15-10)4-6-21-9-3-1-2-5-20-9/h7,9H,1-6H2. The normalized spacial score (nSPS) is 19.7. The smallest absolute Gasteiger partial charge is 0.353 e. The van der Waals surface area contributed by atoms with Crippen molar-refractivity contribution in [3.8, 4) is 0 Å². The van der Waals surface area contributed by atoms with Gasteiger partial charge in [-0.1, -0.05) is 0 Å². The summed E-state index contributed by atoms with van der Waals surface area (Å²) >= 11 is 0. The Morgan fingerprint density at radius 3 is 2.81 bits per heavy atom. The van der Waals surface area contributed by atoms with Gasteiger partial charge in [0.25, 0.3) is 0 Å². The van der Waals surface area contributed by atoms with Gasteiger partial charge in [0.1, 0.15) is 6.20 Å². The van der Waals surface area contributed by atoms with E-state index in [0.29, 0.717) is 6.61 Å². The van der Waals surface area contributed by atoms with E-state index in [2.05, 4.69) is 5.10 Å². The molecule has 2 heterocycles. The fourth-order valence-corrected chi connectivity index (χ4v) is 1.98. The highest BCUT2D eigenvalue weighted by Gasteiger charge is 2.42. The van der Waals surface area contributed by atoms with E-state index in [9.17, 15) is 23.3 Å². The molecule has 1 aliphatic heterocycles. The molecule has 0 bridgehead atoms. The van der Waals surface area contributed by atoms with Gasteiger partial charge in [-0.2, -0.15) is 18.3 Å². The molecule has 0 aliphatic carbocycles.